The fraction of sp³-hybridized carbons (Fsp3) is 0.0385. The summed E-state index contributed by atoms with van der Waals surface area (Å²) in [6.07, 6.45) is 2.80. The third-order valence-electron chi connectivity index (χ3n) is 5.23. The zero-order chi connectivity index (χ0) is 24.3. The Morgan fingerprint density at radius 2 is 1.62 bits per heavy atom. The maximum atomic E-state index is 13.2. The van der Waals surface area contributed by atoms with Crippen LogP contribution in [0, 0.1) is 0 Å². The fourth-order valence-corrected chi connectivity index (χ4v) is 4.14. The number of primary amides is 1. The lowest BCUT2D eigenvalue weighted by Gasteiger charge is -2.13. The Hall–Kier alpha value is -4.30. The van der Waals surface area contributed by atoms with Gasteiger partial charge < -0.3 is 11.1 Å². The van der Waals surface area contributed by atoms with Gasteiger partial charge in [0.25, 0.3) is 5.91 Å². The third kappa shape index (κ3) is 5.02. The largest absolute Gasteiger partial charge is 0.366 e. The lowest BCUT2D eigenvalue weighted by Crippen LogP contribution is -2.14. The van der Waals surface area contributed by atoms with Crippen LogP contribution < -0.4 is 11.1 Å². The molecule has 8 heteroatoms. The van der Waals surface area contributed by atoms with Crippen molar-refractivity contribution in [3.8, 4) is 22.4 Å². The number of aromatic nitrogens is 1. The van der Waals surface area contributed by atoms with E-state index in [4.69, 9.17) is 5.73 Å². The van der Waals surface area contributed by atoms with Gasteiger partial charge in [-0.2, -0.15) is 0 Å². The summed E-state index contributed by atoms with van der Waals surface area (Å²) in [6, 6.07) is 23.5. The molecule has 0 saturated carbocycles. The van der Waals surface area contributed by atoms with E-state index in [1.807, 2.05) is 36.4 Å². The standard InChI is InChI=1S/C26H21N3O4S/c1-34(32,33)21-12-13-22(23(16-21)17-8-10-18(11-9-17)25(27)30)26(31)29-20-6-4-5-19(15-20)24-7-2-3-14-28-24/h2-16H,1H3,(H2,27,30)(H,29,31). The van der Waals surface area contributed by atoms with Gasteiger partial charge in [-0.1, -0.05) is 30.3 Å². The number of hydrogen-bond acceptors (Lipinski definition) is 5. The van der Waals surface area contributed by atoms with Crippen LogP contribution in [0.2, 0.25) is 0 Å². The molecule has 3 aromatic carbocycles. The molecular weight excluding hydrogens is 450 g/mol. The smallest absolute Gasteiger partial charge is 0.256 e. The van der Waals surface area contributed by atoms with Gasteiger partial charge in [-0.3, -0.25) is 14.6 Å². The van der Waals surface area contributed by atoms with E-state index in [0.29, 0.717) is 22.4 Å². The second kappa shape index (κ2) is 9.29. The molecule has 0 aliphatic carbocycles. The molecule has 0 radical (unpaired) electrons. The van der Waals surface area contributed by atoms with E-state index in [-0.39, 0.29) is 10.5 Å². The first kappa shape index (κ1) is 22.9. The SMILES string of the molecule is CS(=O)(=O)c1ccc(C(=O)Nc2cccc(-c3ccccn3)c2)c(-c2ccc(C(N)=O)cc2)c1. The maximum absolute atomic E-state index is 13.2. The average molecular weight is 472 g/mol. The quantitative estimate of drug-likeness (QED) is 0.437. The molecule has 7 nitrogen and oxygen atoms in total. The molecule has 0 atom stereocenters. The van der Waals surface area contributed by atoms with Crippen molar-refractivity contribution < 1.29 is 18.0 Å². The number of anilines is 1. The molecule has 34 heavy (non-hydrogen) atoms. The molecule has 0 unspecified atom stereocenters. The van der Waals surface area contributed by atoms with E-state index in [2.05, 4.69) is 10.3 Å². The summed E-state index contributed by atoms with van der Waals surface area (Å²) in [6.45, 7) is 0. The zero-order valence-electron chi connectivity index (χ0n) is 18.2. The number of pyridine rings is 1. The number of amides is 2. The van der Waals surface area contributed by atoms with Gasteiger partial charge in [0.15, 0.2) is 9.84 Å². The molecule has 0 aliphatic heterocycles. The Morgan fingerprint density at radius 3 is 2.26 bits per heavy atom. The minimum absolute atomic E-state index is 0.0789. The molecule has 0 aliphatic rings. The van der Waals surface area contributed by atoms with Gasteiger partial charge in [0.1, 0.15) is 0 Å². The van der Waals surface area contributed by atoms with E-state index in [1.165, 1.54) is 30.3 Å². The molecule has 170 valence electrons. The Balaban J connectivity index is 1.72. The van der Waals surface area contributed by atoms with Gasteiger partial charge in [-0.25, -0.2) is 8.42 Å². The van der Waals surface area contributed by atoms with E-state index in [1.54, 1.807) is 24.4 Å². The second-order valence-corrected chi connectivity index (χ2v) is 9.69. The predicted molar refractivity (Wildman–Crippen MR) is 131 cm³/mol. The van der Waals surface area contributed by atoms with Crippen molar-refractivity contribution in [2.75, 3.05) is 11.6 Å². The van der Waals surface area contributed by atoms with E-state index in [9.17, 15) is 18.0 Å². The van der Waals surface area contributed by atoms with E-state index >= 15 is 0 Å². The van der Waals surface area contributed by atoms with Crippen LogP contribution in [0.4, 0.5) is 5.69 Å². The molecule has 0 bridgehead atoms. The number of carbonyl (C=O) groups excluding carboxylic acids is 2. The van der Waals surface area contributed by atoms with Crippen LogP contribution in [0.3, 0.4) is 0 Å². The first-order valence-electron chi connectivity index (χ1n) is 10.3. The van der Waals surface area contributed by atoms with Crippen molar-refractivity contribution in [1.82, 2.24) is 4.98 Å². The normalized spacial score (nSPS) is 11.1. The lowest BCUT2D eigenvalue weighted by atomic mass is 9.98. The van der Waals surface area contributed by atoms with Gasteiger partial charge in [-0.15, -0.1) is 0 Å². The highest BCUT2D eigenvalue weighted by atomic mass is 32.2. The van der Waals surface area contributed by atoms with Gasteiger partial charge in [0, 0.05) is 34.8 Å². The summed E-state index contributed by atoms with van der Waals surface area (Å²) in [4.78, 5) is 29.1. The molecule has 4 rings (SSSR count). The van der Waals surface area contributed by atoms with Crippen LogP contribution in [0.1, 0.15) is 20.7 Å². The maximum Gasteiger partial charge on any atom is 0.256 e. The number of hydrogen-bond donors (Lipinski definition) is 2. The van der Waals surface area contributed by atoms with Crippen LogP contribution in [0.25, 0.3) is 22.4 Å². The van der Waals surface area contributed by atoms with E-state index in [0.717, 1.165) is 17.5 Å². The topological polar surface area (TPSA) is 119 Å². The monoisotopic (exact) mass is 471 g/mol. The second-order valence-electron chi connectivity index (χ2n) is 7.67. The van der Waals surface area contributed by atoms with Crippen molar-refractivity contribution in [1.29, 1.82) is 0 Å². The van der Waals surface area contributed by atoms with Crippen LogP contribution >= 0.6 is 0 Å². The summed E-state index contributed by atoms with van der Waals surface area (Å²) in [5.41, 5.74) is 9.06. The van der Waals surface area contributed by atoms with E-state index < -0.39 is 21.7 Å². The molecule has 1 heterocycles. The number of rotatable bonds is 6. The summed E-state index contributed by atoms with van der Waals surface area (Å²) in [5.74, 6) is -0.991. The first-order chi connectivity index (χ1) is 16.2. The van der Waals surface area contributed by atoms with Gasteiger partial charge in [0.05, 0.1) is 10.6 Å². The fourth-order valence-electron chi connectivity index (χ4n) is 3.49. The minimum atomic E-state index is -3.51. The predicted octanol–water partition coefficient (Wildman–Crippen LogP) is 4.17. The number of nitrogens with two attached hydrogens (primary N) is 1. The van der Waals surface area contributed by atoms with Gasteiger partial charge >= 0.3 is 0 Å². The molecule has 0 spiro atoms. The van der Waals surface area contributed by atoms with Crippen molar-refractivity contribution in [3.63, 3.8) is 0 Å². The highest BCUT2D eigenvalue weighted by Gasteiger charge is 2.18. The van der Waals surface area contributed by atoms with Crippen LogP contribution in [-0.4, -0.2) is 31.5 Å². The lowest BCUT2D eigenvalue weighted by molar-refractivity contribution is 0.0997. The highest BCUT2D eigenvalue weighted by Crippen LogP contribution is 2.29. The molecule has 0 fully saturated rings. The zero-order valence-corrected chi connectivity index (χ0v) is 19.0. The Kier molecular flexibility index (Phi) is 6.25. The molecule has 2 amide bonds. The van der Waals surface area contributed by atoms with Crippen molar-refractivity contribution in [2.45, 2.75) is 4.90 Å². The minimum Gasteiger partial charge on any atom is -0.366 e. The van der Waals surface area contributed by atoms with Crippen LogP contribution in [0.15, 0.2) is 96.0 Å². The third-order valence-corrected chi connectivity index (χ3v) is 6.34. The summed E-state index contributed by atoms with van der Waals surface area (Å²) in [5, 5.41) is 2.88. The highest BCUT2D eigenvalue weighted by molar-refractivity contribution is 7.90. The summed E-state index contributed by atoms with van der Waals surface area (Å²) >= 11 is 0. The van der Waals surface area contributed by atoms with Gasteiger partial charge in [0.2, 0.25) is 5.91 Å². The van der Waals surface area contributed by atoms with Crippen molar-refractivity contribution in [2.24, 2.45) is 5.73 Å². The Labute approximate surface area is 197 Å². The first-order valence-corrected chi connectivity index (χ1v) is 12.2. The number of benzene rings is 3. The number of sulfone groups is 1. The van der Waals surface area contributed by atoms with Crippen molar-refractivity contribution >= 4 is 27.3 Å². The molecule has 1 aromatic heterocycles. The summed E-state index contributed by atoms with van der Waals surface area (Å²) in [7, 11) is -3.51. The number of carbonyl (C=O) groups is 2. The Morgan fingerprint density at radius 1 is 0.853 bits per heavy atom. The number of nitrogens with one attached hydrogen (secondary N) is 1. The molecular formula is C26H21N3O4S. The molecule has 4 aromatic rings. The Bertz CT molecular complexity index is 1480. The molecule has 0 saturated heterocycles. The average Bonchev–Trinajstić information content (AvgIpc) is 2.84. The van der Waals surface area contributed by atoms with Crippen LogP contribution in [-0.2, 0) is 9.84 Å². The summed E-state index contributed by atoms with van der Waals surface area (Å²) < 4.78 is 24.3. The van der Waals surface area contributed by atoms with Crippen molar-refractivity contribution in [3.05, 3.63) is 102 Å². The molecule has 3 N–H and O–H groups in total. The number of nitrogens with zero attached hydrogens (tertiary/aromatic N) is 1. The van der Waals surface area contributed by atoms with Crippen LogP contribution in [0.5, 0.6) is 0 Å². The van der Waals surface area contributed by atoms with Gasteiger partial charge in [-0.05, 0) is 65.7 Å².